The van der Waals surface area contributed by atoms with Crippen molar-refractivity contribution in [1.29, 1.82) is 0 Å². The highest BCUT2D eigenvalue weighted by Gasteiger charge is 2.15. The molecule has 0 fully saturated rings. The van der Waals surface area contributed by atoms with Gasteiger partial charge in [-0.25, -0.2) is 0 Å². The van der Waals surface area contributed by atoms with Crippen molar-refractivity contribution in [3.8, 4) is 0 Å². The van der Waals surface area contributed by atoms with Crippen LogP contribution in [-0.2, 0) is 33.3 Å². The lowest BCUT2D eigenvalue weighted by atomic mass is 10.0. The van der Waals surface area contributed by atoms with Crippen LogP contribution in [0.4, 0.5) is 0 Å². The van der Waals surface area contributed by atoms with Gasteiger partial charge in [0.15, 0.2) is 0 Å². The number of hydrogen-bond donors (Lipinski definition) is 3. The average molecular weight is 434 g/mol. The Morgan fingerprint density at radius 3 is 1.80 bits per heavy atom. The molecule has 0 radical (unpaired) electrons. The summed E-state index contributed by atoms with van der Waals surface area (Å²) in [5, 5.41) is 5.21. The van der Waals surface area contributed by atoms with Crippen molar-refractivity contribution < 1.29 is 33.3 Å². The lowest BCUT2D eigenvalue weighted by molar-refractivity contribution is -0.124. The van der Waals surface area contributed by atoms with E-state index >= 15 is 0 Å². The monoisotopic (exact) mass is 433 g/mol. The van der Waals surface area contributed by atoms with Crippen molar-refractivity contribution in [2.24, 2.45) is 11.7 Å². The number of ketones is 1. The Morgan fingerprint density at radius 1 is 0.800 bits per heavy atom. The van der Waals surface area contributed by atoms with Gasteiger partial charge in [0.1, 0.15) is 5.78 Å². The summed E-state index contributed by atoms with van der Waals surface area (Å²) < 4.78 is 21.3. The maximum absolute atomic E-state index is 11.8. The summed E-state index contributed by atoms with van der Waals surface area (Å²) in [4.78, 5) is 34.3. The fourth-order valence-electron chi connectivity index (χ4n) is 2.15. The summed E-state index contributed by atoms with van der Waals surface area (Å²) >= 11 is 0. The zero-order chi connectivity index (χ0) is 22.6. The van der Waals surface area contributed by atoms with Crippen LogP contribution in [-0.4, -0.2) is 90.1 Å². The molecule has 0 bridgehead atoms. The van der Waals surface area contributed by atoms with E-state index in [4.69, 9.17) is 24.7 Å². The van der Waals surface area contributed by atoms with Crippen LogP contribution in [0.25, 0.3) is 0 Å². The number of carbonyl (C=O) groups is 3. The third kappa shape index (κ3) is 17.3. The van der Waals surface area contributed by atoms with E-state index in [1.54, 1.807) is 7.05 Å². The third-order valence-electron chi connectivity index (χ3n) is 4.10. The van der Waals surface area contributed by atoms with Gasteiger partial charge in [-0.1, -0.05) is 13.8 Å². The zero-order valence-corrected chi connectivity index (χ0v) is 18.6. The first-order chi connectivity index (χ1) is 14.4. The van der Waals surface area contributed by atoms with Gasteiger partial charge in [-0.15, -0.1) is 0 Å². The summed E-state index contributed by atoms with van der Waals surface area (Å²) in [5.41, 5.74) is 5.78. The van der Waals surface area contributed by atoms with Crippen LogP contribution in [0.1, 0.15) is 33.1 Å². The molecule has 10 nitrogen and oxygen atoms in total. The van der Waals surface area contributed by atoms with Crippen molar-refractivity contribution >= 4 is 17.6 Å². The molecule has 0 aliphatic rings. The molecule has 4 N–H and O–H groups in total. The Balaban J connectivity index is 3.35. The van der Waals surface area contributed by atoms with E-state index in [0.717, 1.165) is 0 Å². The third-order valence-corrected chi connectivity index (χ3v) is 4.10. The number of amides is 2. The number of nitrogens with one attached hydrogen (secondary N) is 2. The minimum absolute atomic E-state index is 0.0391. The average Bonchev–Trinajstić information content (AvgIpc) is 2.73. The van der Waals surface area contributed by atoms with Gasteiger partial charge in [-0.3, -0.25) is 14.4 Å². The summed E-state index contributed by atoms with van der Waals surface area (Å²) in [6, 6.07) is -0.683. The number of ether oxygens (including phenoxy) is 4. The predicted molar refractivity (Wildman–Crippen MR) is 112 cm³/mol. The quantitative estimate of drug-likeness (QED) is 0.221. The van der Waals surface area contributed by atoms with Crippen LogP contribution in [0.2, 0.25) is 0 Å². The molecule has 2 amide bonds. The highest BCUT2D eigenvalue weighted by molar-refractivity contribution is 5.84. The number of nitrogens with two attached hydrogens (primary N) is 1. The van der Waals surface area contributed by atoms with Crippen LogP contribution in [0, 0.1) is 5.92 Å². The van der Waals surface area contributed by atoms with Crippen LogP contribution < -0.4 is 16.4 Å². The number of Topliss-reactive ketones (excluding diaryl/α,β-unsaturated/α-hetero) is 1. The molecule has 0 rings (SSSR count). The molecule has 0 aromatic rings. The molecule has 0 saturated carbocycles. The molecule has 0 spiro atoms. The fraction of sp³-hybridized carbons (Fsp3) is 0.850. The second-order valence-corrected chi connectivity index (χ2v) is 6.93. The highest BCUT2D eigenvalue weighted by Crippen LogP contribution is 2.03. The zero-order valence-electron chi connectivity index (χ0n) is 18.6. The molecule has 1 atom stereocenters. The molecule has 176 valence electrons. The minimum Gasteiger partial charge on any atom is -0.379 e. The van der Waals surface area contributed by atoms with Crippen LogP contribution >= 0.6 is 0 Å². The summed E-state index contributed by atoms with van der Waals surface area (Å²) in [7, 11) is 1.59. The van der Waals surface area contributed by atoms with Crippen LogP contribution in [0.5, 0.6) is 0 Å². The van der Waals surface area contributed by atoms with Crippen molar-refractivity contribution in [1.82, 2.24) is 10.6 Å². The van der Waals surface area contributed by atoms with Crippen LogP contribution in [0.15, 0.2) is 0 Å². The number of carbonyl (C=O) groups excluding carboxylic acids is 3. The first-order valence-electron chi connectivity index (χ1n) is 10.5. The molecule has 0 saturated heterocycles. The Kier molecular flexibility index (Phi) is 18.4. The smallest absolute Gasteiger partial charge is 0.237 e. The van der Waals surface area contributed by atoms with Gasteiger partial charge in [0.05, 0.1) is 58.9 Å². The minimum atomic E-state index is -0.683. The molecular formula is C20H39N3O7. The Hall–Kier alpha value is -1.59. The van der Waals surface area contributed by atoms with Gasteiger partial charge in [-0.2, -0.15) is 0 Å². The molecule has 0 aromatic carbocycles. The molecule has 0 unspecified atom stereocenters. The summed E-state index contributed by atoms with van der Waals surface area (Å²) in [5.74, 6) is -0.255. The first kappa shape index (κ1) is 28.4. The maximum atomic E-state index is 11.8. The molecule has 0 aromatic heterocycles. The lowest BCUT2D eigenvalue weighted by Crippen LogP contribution is -2.42. The lowest BCUT2D eigenvalue weighted by Gasteiger charge is -2.13. The van der Waals surface area contributed by atoms with Gasteiger partial charge in [0.2, 0.25) is 11.8 Å². The number of rotatable bonds is 20. The van der Waals surface area contributed by atoms with Gasteiger partial charge >= 0.3 is 0 Å². The largest absolute Gasteiger partial charge is 0.379 e. The van der Waals surface area contributed by atoms with E-state index in [0.29, 0.717) is 78.7 Å². The van der Waals surface area contributed by atoms with Crippen molar-refractivity contribution in [2.45, 2.75) is 39.2 Å². The van der Waals surface area contributed by atoms with E-state index < -0.39 is 6.04 Å². The fourth-order valence-corrected chi connectivity index (χ4v) is 2.15. The molecule has 10 heteroatoms. The highest BCUT2D eigenvalue weighted by atomic mass is 16.6. The normalized spacial score (nSPS) is 12.0. The second kappa shape index (κ2) is 19.4. The Labute approximate surface area is 179 Å². The number of hydrogen-bond acceptors (Lipinski definition) is 8. The van der Waals surface area contributed by atoms with E-state index in [1.165, 1.54) is 0 Å². The SMILES string of the molecule is CNC(=O)CCOCCOCCOCCOCCNC(=O)[C@@H](N)CCC(=O)C(C)C. The predicted octanol–water partition coefficient (Wildman–Crippen LogP) is -0.362. The standard InChI is InChI=1S/C20H39N3O7/c1-16(2)18(24)5-4-17(21)20(26)23-7-9-28-11-13-30-15-14-29-12-10-27-8-6-19(25)22-3/h16-17H,4-15,21H2,1-3H3,(H,22,25)(H,23,26)/t17-/m0/s1. The molecule has 0 aliphatic heterocycles. The van der Waals surface area contributed by atoms with Crippen molar-refractivity contribution in [3.05, 3.63) is 0 Å². The summed E-state index contributed by atoms with van der Waals surface area (Å²) in [6.45, 7) is 7.36. The maximum Gasteiger partial charge on any atom is 0.237 e. The molecule has 0 aliphatic carbocycles. The Morgan fingerprint density at radius 2 is 1.30 bits per heavy atom. The van der Waals surface area contributed by atoms with E-state index in [-0.39, 0.29) is 23.5 Å². The van der Waals surface area contributed by atoms with Gasteiger partial charge < -0.3 is 35.3 Å². The van der Waals surface area contributed by atoms with Crippen molar-refractivity contribution in [3.63, 3.8) is 0 Å². The van der Waals surface area contributed by atoms with E-state index in [9.17, 15) is 14.4 Å². The van der Waals surface area contributed by atoms with E-state index in [2.05, 4.69) is 10.6 Å². The van der Waals surface area contributed by atoms with Gasteiger partial charge in [-0.05, 0) is 6.42 Å². The first-order valence-corrected chi connectivity index (χ1v) is 10.5. The van der Waals surface area contributed by atoms with Gasteiger partial charge in [0, 0.05) is 32.4 Å². The molecule has 0 heterocycles. The molecule has 30 heavy (non-hydrogen) atoms. The Bertz CT molecular complexity index is 475. The van der Waals surface area contributed by atoms with Crippen molar-refractivity contribution in [2.75, 3.05) is 66.4 Å². The van der Waals surface area contributed by atoms with Gasteiger partial charge in [0.25, 0.3) is 0 Å². The van der Waals surface area contributed by atoms with E-state index in [1.807, 2.05) is 13.8 Å². The summed E-state index contributed by atoms with van der Waals surface area (Å²) in [6.07, 6.45) is 1.01. The topological polar surface area (TPSA) is 138 Å². The van der Waals surface area contributed by atoms with Crippen LogP contribution in [0.3, 0.4) is 0 Å². The molecular weight excluding hydrogens is 394 g/mol. The second-order valence-electron chi connectivity index (χ2n) is 6.93.